The summed E-state index contributed by atoms with van der Waals surface area (Å²) in [6.07, 6.45) is 11.7. The fraction of sp³-hybridized carbons (Fsp3) is 0.366. The monoisotopic (exact) mass is 675 g/mol. The zero-order valence-electron chi connectivity index (χ0n) is 29.4. The van der Waals surface area contributed by atoms with Crippen LogP contribution in [0.25, 0.3) is 17.0 Å². The number of fused-ring (bicyclic) bond motifs is 3. The van der Waals surface area contributed by atoms with Crippen LogP contribution < -0.4 is 18.9 Å². The summed E-state index contributed by atoms with van der Waals surface area (Å²) in [5.74, 6) is 2.36. The molecular formula is C41H45N3O6. The summed E-state index contributed by atoms with van der Waals surface area (Å²) in [5, 5.41) is 1.02. The van der Waals surface area contributed by atoms with E-state index in [0.29, 0.717) is 53.0 Å². The second kappa shape index (κ2) is 16.0. The van der Waals surface area contributed by atoms with Gasteiger partial charge in [0.15, 0.2) is 28.8 Å². The van der Waals surface area contributed by atoms with Gasteiger partial charge in [-0.2, -0.15) is 0 Å². The number of para-hydroxylation sites is 1. The van der Waals surface area contributed by atoms with E-state index in [4.69, 9.17) is 18.9 Å². The number of benzene rings is 3. The van der Waals surface area contributed by atoms with Crippen molar-refractivity contribution in [3.63, 3.8) is 0 Å². The maximum absolute atomic E-state index is 13.3. The lowest BCUT2D eigenvalue weighted by Gasteiger charge is -2.20. The van der Waals surface area contributed by atoms with Crippen LogP contribution in [0.3, 0.4) is 0 Å². The summed E-state index contributed by atoms with van der Waals surface area (Å²) in [7, 11) is 3.20. The normalized spacial score (nSPS) is 15.2. The van der Waals surface area contributed by atoms with Crippen molar-refractivity contribution in [2.45, 2.75) is 64.8 Å². The summed E-state index contributed by atoms with van der Waals surface area (Å²) in [5.41, 5.74) is 5.37. The quantitative estimate of drug-likeness (QED) is 0.0709. The van der Waals surface area contributed by atoms with Gasteiger partial charge in [0.1, 0.15) is 0 Å². The van der Waals surface area contributed by atoms with Crippen LogP contribution in [0, 0.1) is 6.92 Å². The number of allylic oxidation sites excluding steroid dienone is 1. The summed E-state index contributed by atoms with van der Waals surface area (Å²) in [6.45, 7) is 5.81. The van der Waals surface area contributed by atoms with Gasteiger partial charge in [0, 0.05) is 35.5 Å². The Balaban J connectivity index is 0.967. The predicted molar refractivity (Wildman–Crippen MR) is 197 cm³/mol. The summed E-state index contributed by atoms with van der Waals surface area (Å²) in [4.78, 5) is 37.6. The Morgan fingerprint density at radius 1 is 0.920 bits per heavy atom. The molecule has 2 aliphatic rings. The van der Waals surface area contributed by atoms with Gasteiger partial charge >= 0.3 is 0 Å². The molecule has 50 heavy (non-hydrogen) atoms. The van der Waals surface area contributed by atoms with Gasteiger partial charge in [-0.05, 0) is 93.3 Å². The highest BCUT2D eigenvalue weighted by Gasteiger charge is 2.32. The van der Waals surface area contributed by atoms with Crippen LogP contribution in [0.5, 0.6) is 23.0 Å². The molecule has 3 aromatic carbocycles. The molecule has 9 heteroatoms. The van der Waals surface area contributed by atoms with Crippen molar-refractivity contribution in [2.24, 2.45) is 4.99 Å². The Kier molecular flexibility index (Phi) is 11.1. The molecule has 0 radical (unpaired) electrons. The SMILES string of the molecule is CCc1c(C(=O)/C=C/c2ccc(OCCCCCCOc3cc4c(cc3OC)C(=O)N3CCC[C@H]3C=N4)c(OC)c2)c(C)nc2ccccc12. The number of unbranched alkanes of at least 4 members (excludes halogenated alkanes) is 3. The second-order valence-electron chi connectivity index (χ2n) is 12.6. The number of carbonyl (C=O) groups is 2. The minimum Gasteiger partial charge on any atom is -0.493 e. The van der Waals surface area contributed by atoms with E-state index in [-0.39, 0.29) is 17.7 Å². The van der Waals surface area contributed by atoms with Crippen molar-refractivity contribution in [3.05, 3.63) is 88.6 Å². The van der Waals surface area contributed by atoms with Crippen molar-refractivity contribution >= 4 is 40.6 Å². The molecule has 1 amide bonds. The van der Waals surface area contributed by atoms with Gasteiger partial charge < -0.3 is 23.8 Å². The van der Waals surface area contributed by atoms with Crippen LogP contribution in [0.1, 0.15) is 83.0 Å². The lowest BCUT2D eigenvalue weighted by Crippen LogP contribution is -2.35. The van der Waals surface area contributed by atoms with E-state index >= 15 is 0 Å². The van der Waals surface area contributed by atoms with Gasteiger partial charge in [-0.3, -0.25) is 19.6 Å². The van der Waals surface area contributed by atoms with Crippen LogP contribution in [0.4, 0.5) is 5.69 Å². The number of hydrogen-bond donors (Lipinski definition) is 0. The molecule has 0 bridgehead atoms. The van der Waals surface area contributed by atoms with E-state index in [1.165, 1.54) is 0 Å². The van der Waals surface area contributed by atoms with E-state index in [0.717, 1.165) is 79.2 Å². The Bertz CT molecular complexity index is 1930. The van der Waals surface area contributed by atoms with Crippen molar-refractivity contribution in [1.29, 1.82) is 0 Å². The molecular weight excluding hydrogens is 630 g/mol. The standard InChI is InChI=1S/C41H45N3O6/c1-5-30-31-14-8-9-15-33(31)43-27(2)40(30)35(45)18-16-28-17-19-36(37(23-28)47-3)49-21-10-6-7-11-22-50-39-25-34-32(24-38(39)48-4)41(46)44-20-12-13-29(44)26-42-34/h8-9,14-19,23-26,29H,5-7,10-13,20-22H2,1-4H3/b18-16+/t29-/m0/s1. The van der Waals surface area contributed by atoms with Crippen LogP contribution in [-0.4, -0.2) is 67.8 Å². The molecule has 0 unspecified atom stereocenters. The topological polar surface area (TPSA) is 99.6 Å². The summed E-state index contributed by atoms with van der Waals surface area (Å²) >= 11 is 0. The van der Waals surface area contributed by atoms with Crippen LogP contribution in [-0.2, 0) is 6.42 Å². The molecule has 1 aromatic heterocycles. The van der Waals surface area contributed by atoms with Gasteiger partial charge in [-0.25, -0.2) is 0 Å². The van der Waals surface area contributed by atoms with Gasteiger partial charge in [0.05, 0.1) is 50.2 Å². The summed E-state index contributed by atoms with van der Waals surface area (Å²) in [6, 6.07) is 17.3. The van der Waals surface area contributed by atoms with Gasteiger partial charge in [0.25, 0.3) is 5.91 Å². The molecule has 1 saturated heterocycles. The van der Waals surface area contributed by atoms with E-state index < -0.39 is 0 Å². The Morgan fingerprint density at radius 2 is 1.66 bits per heavy atom. The third-order valence-corrected chi connectivity index (χ3v) is 9.41. The lowest BCUT2D eigenvalue weighted by molar-refractivity contribution is 0.0774. The Labute approximate surface area is 293 Å². The number of rotatable bonds is 15. The first-order valence-electron chi connectivity index (χ1n) is 17.5. The van der Waals surface area contributed by atoms with Crippen LogP contribution in [0.2, 0.25) is 0 Å². The molecule has 1 atom stereocenters. The van der Waals surface area contributed by atoms with Crippen molar-refractivity contribution in [1.82, 2.24) is 9.88 Å². The second-order valence-corrected chi connectivity index (χ2v) is 12.6. The van der Waals surface area contributed by atoms with E-state index in [1.54, 1.807) is 32.4 Å². The lowest BCUT2D eigenvalue weighted by atomic mass is 9.95. The number of amides is 1. The molecule has 4 aromatic rings. The average Bonchev–Trinajstić information content (AvgIpc) is 3.57. The molecule has 260 valence electrons. The molecule has 0 N–H and O–H groups in total. The third-order valence-electron chi connectivity index (χ3n) is 9.41. The molecule has 0 aliphatic carbocycles. The van der Waals surface area contributed by atoms with E-state index in [1.807, 2.05) is 66.6 Å². The first kappa shape index (κ1) is 34.7. The molecule has 0 saturated carbocycles. The largest absolute Gasteiger partial charge is 0.493 e. The van der Waals surface area contributed by atoms with Crippen LogP contribution in [0.15, 0.2) is 65.7 Å². The molecule has 9 nitrogen and oxygen atoms in total. The number of methoxy groups -OCH3 is 2. The number of hydrogen-bond acceptors (Lipinski definition) is 8. The van der Waals surface area contributed by atoms with E-state index in [2.05, 4.69) is 16.9 Å². The summed E-state index contributed by atoms with van der Waals surface area (Å²) < 4.78 is 23.3. The number of ether oxygens (including phenoxy) is 4. The Morgan fingerprint density at radius 3 is 2.42 bits per heavy atom. The maximum atomic E-state index is 13.3. The van der Waals surface area contributed by atoms with Gasteiger partial charge in [-0.1, -0.05) is 37.3 Å². The van der Waals surface area contributed by atoms with Crippen molar-refractivity contribution < 1.29 is 28.5 Å². The molecule has 1 fully saturated rings. The number of aryl methyl sites for hydroxylation is 2. The highest BCUT2D eigenvalue weighted by Crippen LogP contribution is 2.38. The van der Waals surface area contributed by atoms with Crippen molar-refractivity contribution in [2.75, 3.05) is 34.0 Å². The highest BCUT2D eigenvalue weighted by molar-refractivity contribution is 6.11. The molecule has 6 rings (SSSR count). The number of pyridine rings is 1. The zero-order chi connectivity index (χ0) is 35.0. The zero-order valence-corrected chi connectivity index (χ0v) is 29.4. The molecule has 0 spiro atoms. The van der Waals surface area contributed by atoms with Gasteiger partial charge in [-0.15, -0.1) is 0 Å². The first-order valence-corrected chi connectivity index (χ1v) is 17.5. The Hall–Kier alpha value is -5.18. The number of nitrogens with zero attached hydrogens (tertiary/aromatic N) is 3. The number of carbonyl (C=O) groups excluding carboxylic acids is 2. The van der Waals surface area contributed by atoms with Crippen molar-refractivity contribution in [3.8, 4) is 23.0 Å². The number of ketones is 1. The number of aliphatic imine (C=N–C) groups is 1. The predicted octanol–water partition coefficient (Wildman–Crippen LogP) is 8.36. The molecule has 3 heterocycles. The maximum Gasteiger partial charge on any atom is 0.256 e. The highest BCUT2D eigenvalue weighted by atomic mass is 16.5. The minimum absolute atomic E-state index is 0.000251. The fourth-order valence-electron chi connectivity index (χ4n) is 6.81. The minimum atomic E-state index is -0.0644. The molecule has 2 aliphatic heterocycles. The number of aromatic nitrogens is 1. The van der Waals surface area contributed by atoms with Gasteiger partial charge in [0.2, 0.25) is 0 Å². The van der Waals surface area contributed by atoms with Crippen LogP contribution >= 0.6 is 0 Å². The third kappa shape index (κ3) is 7.52. The fourth-order valence-corrected chi connectivity index (χ4v) is 6.81. The van der Waals surface area contributed by atoms with E-state index in [9.17, 15) is 9.59 Å². The average molecular weight is 676 g/mol. The first-order chi connectivity index (χ1) is 24.4. The smallest absolute Gasteiger partial charge is 0.256 e.